The summed E-state index contributed by atoms with van der Waals surface area (Å²) in [6.45, 7) is 0.582. The Kier molecular flexibility index (Phi) is 4.72. The highest BCUT2D eigenvalue weighted by molar-refractivity contribution is 9.10. The summed E-state index contributed by atoms with van der Waals surface area (Å²) in [6, 6.07) is 12.1. The van der Waals surface area contributed by atoms with Crippen molar-refractivity contribution in [1.82, 2.24) is 24.6 Å². The monoisotopic (exact) mass is 423 g/mol. The molecule has 136 valence electrons. The molecule has 3 aromatic heterocycles. The molecule has 0 fully saturated rings. The largest absolute Gasteiger partial charge is 0.366 e. The number of rotatable bonds is 5. The Morgan fingerprint density at radius 2 is 1.81 bits per heavy atom. The Balaban J connectivity index is 1.66. The summed E-state index contributed by atoms with van der Waals surface area (Å²) in [5.74, 6) is 1.54. The molecule has 4 rings (SSSR count). The van der Waals surface area contributed by atoms with Gasteiger partial charge in [0.1, 0.15) is 5.82 Å². The molecule has 0 aliphatic carbocycles. The molecule has 0 aliphatic rings. The predicted octanol–water partition coefficient (Wildman–Crippen LogP) is 3.63. The number of fused-ring (bicyclic) bond motifs is 1. The van der Waals surface area contributed by atoms with Crippen LogP contribution in [0.25, 0.3) is 16.9 Å². The summed E-state index contributed by atoms with van der Waals surface area (Å²) in [4.78, 5) is 15.3. The van der Waals surface area contributed by atoms with E-state index in [1.165, 1.54) is 0 Å². The first-order valence-corrected chi connectivity index (χ1v) is 9.23. The van der Waals surface area contributed by atoms with Crippen LogP contribution in [0, 0.1) is 0 Å². The van der Waals surface area contributed by atoms with Crippen LogP contribution in [0.15, 0.2) is 59.5 Å². The maximum Gasteiger partial charge on any atom is 0.224 e. The molecule has 0 unspecified atom stereocenters. The van der Waals surface area contributed by atoms with Gasteiger partial charge in [0.25, 0.3) is 0 Å². The van der Waals surface area contributed by atoms with E-state index in [9.17, 15) is 0 Å². The highest BCUT2D eigenvalue weighted by Gasteiger charge is 2.11. The summed E-state index contributed by atoms with van der Waals surface area (Å²) in [5, 5.41) is 7.83. The van der Waals surface area contributed by atoms with Gasteiger partial charge in [-0.05, 0) is 15.9 Å². The van der Waals surface area contributed by atoms with Crippen molar-refractivity contribution in [2.75, 3.05) is 24.3 Å². The highest BCUT2D eigenvalue weighted by Crippen LogP contribution is 2.26. The summed E-state index contributed by atoms with van der Waals surface area (Å²) in [6.07, 6.45) is 5.40. The van der Waals surface area contributed by atoms with Crippen molar-refractivity contribution in [1.29, 1.82) is 0 Å². The lowest BCUT2D eigenvalue weighted by molar-refractivity contribution is 0.918. The van der Waals surface area contributed by atoms with E-state index in [1.807, 2.05) is 67.8 Å². The molecule has 0 aliphatic heterocycles. The van der Waals surface area contributed by atoms with Gasteiger partial charge in [0.05, 0.1) is 16.4 Å². The van der Waals surface area contributed by atoms with Gasteiger partial charge in [0.2, 0.25) is 5.95 Å². The van der Waals surface area contributed by atoms with Crippen molar-refractivity contribution >= 4 is 33.3 Å². The van der Waals surface area contributed by atoms with E-state index >= 15 is 0 Å². The molecule has 0 saturated carbocycles. The van der Waals surface area contributed by atoms with Gasteiger partial charge in [-0.15, -0.1) is 0 Å². The van der Waals surface area contributed by atoms with Crippen LogP contribution in [0.4, 0.5) is 11.8 Å². The average Bonchev–Trinajstić information content (AvgIpc) is 3.08. The highest BCUT2D eigenvalue weighted by atomic mass is 79.9. The van der Waals surface area contributed by atoms with Crippen molar-refractivity contribution in [2.24, 2.45) is 0 Å². The van der Waals surface area contributed by atoms with E-state index in [1.54, 1.807) is 10.7 Å². The van der Waals surface area contributed by atoms with Crippen molar-refractivity contribution < 1.29 is 0 Å². The van der Waals surface area contributed by atoms with Crippen molar-refractivity contribution in [3.05, 3.63) is 65.0 Å². The molecular formula is C19H18BrN7. The molecule has 8 heteroatoms. The quantitative estimate of drug-likeness (QED) is 0.528. The van der Waals surface area contributed by atoms with Crippen LogP contribution in [-0.2, 0) is 6.54 Å². The second-order valence-electron chi connectivity index (χ2n) is 6.26. The second-order valence-corrected chi connectivity index (χ2v) is 7.11. The fourth-order valence-corrected chi connectivity index (χ4v) is 3.03. The minimum absolute atomic E-state index is 0.582. The number of aromatic nitrogens is 5. The number of halogens is 1. The second kappa shape index (κ2) is 7.32. The molecule has 1 N–H and O–H groups in total. The topological polar surface area (TPSA) is 71.2 Å². The third-order valence-electron chi connectivity index (χ3n) is 4.06. The Hall–Kier alpha value is -3.00. The van der Waals surface area contributed by atoms with Crippen LogP contribution in [0.5, 0.6) is 0 Å². The Labute approximate surface area is 165 Å². The molecule has 0 spiro atoms. The summed E-state index contributed by atoms with van der Waals surface area (Å²) >= 11 is 3.53. The maximum atomic E-state index is 4.74. The van der Waals surface area contributed by atoms with Crippen LogP contribution < -0.4 is 10.2 Å². The molecule has 0 saturated heterocycles. The number of nitrogens with one attached hydrogen (secondary N) is 1. The third-order valence-corrected chi connectivity index (χ3v) is 4.62. The molecule has 0 bridgehead atoms. The molecule has 0 atom stereocenters. The summed E-state index contributed by atoms with van der Waals surface area (Å²) < 4.78 is 2.63. The van der Waals surface area contributed by atoms with Crippen molar-refractivity contribution in [3.8, 4) is 11.3 Å². The predicted molar refractivity (Wildman–Crippen MR) is 110 cm³/mol. The zero-order valence-corrected chi connectivity index (χ0v) is 16.6. The Morgan fingerprint density at radius 3 is 2.52 bits per heavy atom. The standard InChI is InChI=1S/C19H18BrN7/c1-26(2)19-22-10-13(11-23-19)9-21-17-8-16(14-6-4-3-5-7-14)25-18-15(20)12-24-27(17)18/h3-8,10-12,21H,9H2,1-2H3. The summed E-state index contributed by atoms with van der Waals surface area (Å²) in [7, 11) is 3.84. The lowest BCUT2D eigenvalue weighted by Crippen LogP contribution is -2.13. The number of benzene rings is 1. The van der Waals surface area contributed by atoms with Crippen molar-refractivity contribution in [3.63, 3.8) is 0 Å². The Morgan fingerprint density at radius 1 is 1.07 bits per heavy atom. The fourth-order valence-electron chi connectivity index (χ4n) is 2.68. The van der Waals surface area contributed by atoms with E-state index in [0.29, 0.717) is 12.5 Å². The minimum atomic E-state index is 0.582. The molecule has 0 radical (unpaired) electrons. The van der Waals surface area contributed by atoms with Crippen LogP contribution >= 0.6 is 15.9 Å². The van der Waals surface area contributed by atoms with Gasteiger partial charge in [-0.1, -0.05) is 30.3 Å². The fraction of sp³-hybridized carbons (Fsp3) is 0.158. The smallest absolute Gasteiger partial charge is 0.224 e. The van der Waals surface area contributed by atoms with Gasteiger partial charge < -0.3 is 10.2 Å². The van der Waals surface area contributed by atoms with Gasteiger partial charge in [0.15, 0.2) is 5.65 Å². The van der Waals surface area contributed by atoms with Crippen molar-refractivity contribution in [2.45, 2.75) is 6.54 Å². The SMILES string of the molecule is CN(C)c1ncc(CNc2cc(-c3ccccc3)nc3c(Br)cnn23)cn1. The van der Waals surface area contributed by atoms with Gasteiger partial charge in [-0.3, -0.25) is 0 Å². The van der Waals surface area contributed by atoms with Gasteiger partial charge >= 0.3 is 0 Å². The maximum absolute atomic E-state index is 4.74. The molecule has 0 amide bonds. The first kappa shape index (κ1) is 17.4. The van der Waals surface area contributed by atoms with E-state index in [2.05, 4.69) is 36.3 Å². The number of nitrogens with zero attached hydrogens (tertiary/aromatic N) is 6. The molecular weight excluding hydrogens is 406 g/mol. The molecule has 27 heavy (non-hydrogen) atoms. The summed E-state index contributed by atoms with van der Waals surface area (Å²) in [5.41, 5.74) is 3.68. The first-order valence-electron chi connectivity index (χ1n) is 8.43. The molecule has 3 heterocycles. The zero-order valence-electron chi connectivity index (χ0n) is 15.0. The van der Waals surface area contributed by atoms with E-state index in [-0.39, 0.29) is 0 Å². The van der Waals surface area contributed by atoms with Crippen LogP contribution in [-0.4, -0.2) is 38.7 Å². The average molecular weight is 424 g/mol. The van der Waals surface area contributed by atoms with E-state index < -0.39 is 0 Å². The van der Waals surface area contributed by atoms with Gasteiger partial charge in [0, 0.05) is 50.2 Å². The first-order chi connectivity index (χ1) is 13.1. The van der Waals surface area contributed by atoms with Gasteiger partial charge in [-0.2, -0.15) is 9.61 Å². The van der Waals surface area contributed by atoms with E-state index in [0.717, 1.165) is 32.8 Å². The van der Waals surface area contributed by atoms with E-state index in [4.69, 9.17) is 4.98 Å². The lowest BCUT2D eigenvalue weighted by atomic mass is 10.1. The molecule has 4 aromatic rings. The molecule has 7 nitrogen and oxygen atoms in total. The Bertz CT molecular complexity index is 1060. The number of hydrogen-bond acceptors (Lipinski definition) is 6. The van der Waals surface area contributed by atoms with Crippen LogP contribution in [0.2, 0.25) is 0 Å². The van der Waals surface area contributed by atoms with Crippen LogP contribution in [0.1, 0.15) is 5.56 Å². The van der Waals surface area contributed by atoms with Crippen LogP contribution in [0.3, 0.4) is 0 Å². The molecule has 1 aromatic carbocycles. The normalized spacial score (nSPS) is 10.9. The third kappa shape index (κ3) is 3.61. The van der Waals surface area contributed by atoms with Gasteiger partial charge in [-0.25, -0.2) is 15.0 Å². The zero-order chi connectivity index (χ0) is 18.8. The number of anilines is 2. The minimum Gasteiger partial charge on any atom is -0.366 e. The number of hydrogen-bond donors (Lipinski definition) is 1. The lowest BCUT2D eigenvalue weighted by Gasteiger charge is -2.12.